The zero-order chi connectivity index (χ0) is 7.98. The average molecular weight is 140 g/mol. The van der Waals surface area contributed by atoms with Crippen LogP contribution in [0.15, 0.2) is 0 Å². The number of carbonyl (C=O) groups excluding carboxylic acids is 1. The molecule has 2 nitrogen and oxygen atoms in total. The Morgan fingerprint density at radius 2 is 2.30 bits per heavy atom. The fourth-order valence-corrected chi connectivity index (χ4v) is 0.908. The second-order valence-electron chi connectivity index (χ2n) is 2.06. The van der Waals surface area contributed by atoms with Gasteiger partial charge in [0.15, 0.2) is 0 Å². The van der Waals surface area contributed by atoms with Crippen molar-refractivity contribution in [2.24, 2.45) is 5.92 Å². The summed E-state index contributed by atoms with van der Waals surface area (Å²) in [5, 5.41) is 0. The van der Waals surface area contributed by atoms with Crippen LogP contribution in [0.5, 0.6) is 0 Å². The minimum Gasteiger partial charge on any atom is -0.465 e. The molecule has 1 saturated heterocycles. The lowest BCUT2D eigenvalue weighted by molar-refractivity contribution is -0.141. The summed E-state index contributed by atoms with van der Waals surface area (Å²) < 4.78 is 4.72. The Hall–Kier alpha value is -0.970. The van der Waals surface area contributed by atoms with E-state index in [2.05, 4.69) is 12.8 Å². The van der Waals surface area contributed by atoms with Crippen LogP contribution in [0.4, 0.5) is 0 Å². The smallest absolute Gasteiger partial charge is 0.309 e. The molecule has 0 radical (unpaired) electrons. The molecule has 1 aliphatic rings. The van der Waals surface area contributed by atoms with Crippen molar-refractivity contribution in [2.45, 2.75) is 19.8 Å². The van der Waals surface area contributed by atoms with Crippen LogP contribution in [0.1, 0.15) is 19.8 Å². The predicted molar refractivity (Wildman–Crippen MR) is 39.2 cm³/mol. The number of esters is 1. The normalized spacial score (nSPS) is 22.7. The maximum atomic E-state index is 10.6. The molecular formula is C8H12O2. The van der Waals surface area contributed by atoms with Crippen molar-refractivity contribution >= 4 is 5.97 Å². The molecule has 0 amide bonds. The number of terminal acetylenes is 1. The molecule has 0 aromatic rings. The van der Waals surface area contributed by atoms with E-state index in [0.717, 1.165) is 12.8 Å². The van der Waals surface area contributed by atoms with Crippen molar-refractivity contribution < 1.29 is 9.53 Å². The van der Waals surface area contributed by atoms with Gasteiger partial charge in [-0.1, -0.05) is 6.92 Å². The van der Waals surface area contributed by atoms with Crippen molar-refractivity contribution in [1.82, 2.24) is 0 Å². The second kappa shape index (κ2) is 4.87. The van der Waals surface area contributed by atoms with E-state index < -0.39 is 0 Å². The molecule has 2 heteroatoms. The van der Waals surface area contributed by atoms with E-state index in [-0.39, 0.29) is 11.9 Å². The Balaban J connectivity index is 0.000000371. The fraction of sp³-hybridized carbons (Fsp3) is 0.625. The first-order valence-electron chi connectivity index (χ1n) is 3.34. The molecular weight excluding hydrogens is 128 g/mol. The number of cyclic esters (lactones) is 1. The Morgan fingerprint density at radius 3 is 2.50 bits per heavy atom. The standard InChI is InChI=1S/C6H10O2.C2H2/c1-2-5-3-4-8-6(5)7;1-2/h5H,2-4H2,1H3;1-2H/t5-;/m1./s1. The van der Waals surface area contributed by atoms with Crippen LogP contribution < -0.4 is 0 Å². The van der Waals surface area contributed by atoms with Gasteiger partial charge in [0.2, 0.25) is 0 Å². The van der Waals surface area contributed by atoms with E-state index in [4.69, 9.17) is 4.74 Å². The van der Waals surface area contributed by atoms with Crippen molar-refractivity contribution in [3.63, 3.8) is 0 Å². The first-order valence-corrected chi connectivity index (χ1v) is 3.34. The largest absolute Gasteiger partial charge is 0.465 e. The highest BCUT2D eigenvalue weighted by Crippen LogP contribution is 2.16. The highest BCUT2D eigenvalue weighted by Gasteiger charge is 2.23. The van der Waals surface area contributed by atoms with E-state index in [9.17, 15) is 4.79 Å². The van der Waals surface area contributed by atoms with Crippen molar-refractivity contribution in [2.75, 3.05) is 6.61 Å². The van der Waals surface area contributed by atoms with Gasteiger partial charge in [-0.2, -0.15) is 0 Å². The lowest BCUT2D eigenvalue weighted by Crippen LogP contribution is -2.04. The van der Waals surface area contributed by atoms with Gasteiger partial charge in [0, 0.05) is 0 Å². The van der Waals surface area contributed by atoms with Gasteiger partial charge in [0.05, 0.1) is 12.5 Å². The highest BCUT2D eigenvalue weighted by atomic mass is 16.5. The van der Waals surface area contributed by atoms with E-state index in [0.29, 0.717) is 6.61 Å². The summed E-state index contributed by atoms with van der Waals surface area (Å²) in [4.78, 5) is 10.6. The summed E-state index contributed by atoms with van der Waals surface area (Å²) in [6.07, 6.45) is 9.86. The van der Waals surface area contributed by atoms with E-state index in [1.54, 1.807) is 0 Å². The average Bonchev–Trinajstić information content (AvgIpc) is 2.39. The molecule has 0 bridgehead atoms. The SMILES string of the molecule is C#C.CC[C@@H]1CCOC1=O. The summed E-state index contributed by atoms with van der Waals surface area (Å²) >= 11 is 0. The van der Waals surface area contributed by atoms with Gasteiger partial charge >= 0.3 is 5.97 Å². The molecule has 1 fully saturated rings. The lowest BCUT2D eigenvalue weighted by Gasteiger charge is -1.95. The molecule has 0 aromatic carbocycles. The van der Waals surface area contributed by atoms with Crippen molar-refractivity contribution in [3.05, 3.63) is 0 Å². The van der Waals surface area contributed by atoms with E-state index >= 15 is 0 Å². The lowest BCUT2D eigenvalue weighted by atomic mass is 10.1. The molecule has 1 heterocycles. The van der Waals surface area contributed by atoms with Crippen LogP contribution in [0.2, 0.25) is 0 Å². The van der Waals surface area contributed by atoms with Crippen LogP contribution in [0, 0.1) is 18.8 Å². The predicted octanol–water partition coefficient (Wildman–Crippen LogP) is 1.21. The highest BCUT2D eigenvalue weighted by molar-refractivity contribution is 5.73. The molecule has 1 atom stereocenters. The molecule has 0 spiro atoms. The Kier molecular flexibility index (Phi) is 4.39. The third-order valence-corrected chi connectivity index (χ3v) is 1.54. The quantitative estimate of drug-likeness (QED) is 0.404. The van der Waals surface area contributed by atoms with E-state index in [1.807, 2.05) is 6.92 Å². The first kappa shape index (κ1) is 9.03. The zero-order valence-electron chi connectivity index (χ0n) is 6.17. The minimum atomic E-state index is -0.00694. The summed E-state index contributed by atoms with van der Waals surface area (Å²) in [7, 11) is 0. The third kappa shape index (κ3) is 2.10. The Labute approximate surface area is 61.6 Å². The molecule has 0 aliphatic carbocycles. The van der Waals surface area contributed by atoms with Crippen LogP contribution >= 0.6 is 0 Å². The number of rotatable bonds is 1. The van der Waals surface area contributed by atoms with Gasteiger partial charge in [-0.3, -0.25) is 4.79 Å². The number of hydrogen-bond donors (Lipinski definition) is 0. The van der Waals surface area contributed by atoms with Crippen LogP contribution in [0.3, 0.4) is 0 Å². The van der Waals surface area contributed by atoms with Gasteiger partial charge in [0.1, 0.15) is 0 Å². The van der Waals surface area contributed by atoms with Crippen LogP contribution in [-0.4, -0.2) is 12.6 Å². The molecule has 0 aromatic heterocycles. The third-order valence-electron chi connectivity index (χ3n) is 1.54. The maximum Gasteiger partial charge on any atom is 0.309 e. The molecule has 56 valence electrons. The second-order valence-corrected chi connectivity index (χ2v) is 2.06. The van der Waals surface area contributed by atoms with Crippen LogP contribution in [0.25, 0.3) is 0 Å². The summed E-state index contributed by atoms with van der Waals surface area (Å²) in [6, 6.07) is 0. The molecule has 1 rings (SSSR count). The summed E-state index contributed by atoms with van der Waals surface area (Å²) in [5.41, 5.74) is 0. The summed E-state index contributed by atoms with van der Waals surface area (Å²) in [6.45, 7) is 2.65. The zero-order valence-corrected chi connectivity index (χ0v) is 6.17. The molecule has 0 N–H and O–H groups in total. The first-order chi connectivity index (χ1) is 4.84. The number of ether oxygens (including phenoxy) is 1. The van der Waals surface area contributed by atoms with Gasteiger partial charge in [-0.15, -0.1) is 12.8 Å². The van der Waals surface area contributed by atoms with Gasteiger partial charge in [0.25, 0.3) is 0 Å². The van der Waals surface area contributed by atoms with Crippen molar-refractivity contribution in [1.29, 1.82) is 0 Å². The topological polar surface area (TPSA) is 26.3 Å². The monoisotopic (exact) mass is 140 g/mol. The summed E-state index contributed by atoms with van der Waals surface area (Å²) in [5.74, 6) is 0.197. The van der Waals surface area contributed by atoms with Gasteiger partial charge in [-0.05, 0) is 12.8 Å². The Morgan fingerprint density at radius 1 is 1.70 bits per heavy atom. The van der Waals surface area contributed by atoms with Crippen molar-refractivity contribution in [3.8, 4) is 12.8 Å². The number of carbonyl (C=O) groups is 1. The maximum absolute atomic E-state index is 10.6. The Bertz CT molecular complexity index is 126. The minimum absolute atomic E-state index is 0.00694. The molecule has 0 saturated carbocycles. The molecule has 0 unspecified atom stereocenters. The van der Waals surface area contributed by atoms with Gasteiger partial charge < -0.3 is 4.74 Å². The van der Waals surface area contributed by atoms with Crippen LogP contribution in [-0.2, 0) is 9.53 Å². The molecule has 10 heavy (non-hydrogen) atoms. The fourth-order valence-electron chi connectivity index (χ4n) is 0.908. The van der Waals surface area contributed by atoms with Gasteiger partial charge in [-0.25, -0.2) is 0 Å². The number of hydrogen-bond acceptors (Lipinski definition) is 2. The van der Waals surface area contributed by atoms with E-state index in [1.165, 1.54) is 0 Å². The molecule has 1 aliphatic heterocycles.